The van der Waals surface area contributed by atoms with E-state index >= 15 is 0 Å². The Hall–Kier alpha value is -3.59. The van der Waals surface area contributed by atoms with Gasteiger partial charge in [-0.2, -0.15) is 0 Å². The lowest BCUT2D eigenvalue weighted by Crippen LogP contribution is -2.48. The Morgan fingerprint density at radius 1 is 0.973 bits per heavy atom. The number of aromatic nitrogens is 1. The maximum absolute atomic E-state index is 13.1. The lowest BCUT2D eigenvalue weighted by Gasteiger charge is -2.35. The van der Waals surface area contributed by atoms with E-state index in [1.54, 1.807) is 30.5 Å². The van der Waals surface area contributed by atoms with Crippen LogP contribution in [0.2, 0.25) is 0 Å². The number of hydrogen-bond donors (Lipinski definition) is 1. The Morgan fingerprint density at radius 3 is 2.51 bits per heavy atom. The van der Waals surface area contributed by atoms with Gasteiger partial charge in [-0.05, 0) is 49.4 Å². The monoisotopic (exact) mass is 514 g/mol. The van der Waals surface area contributed by atoms with Crippen LogP contribution in [0.1, 0.15) is 22.8 Å². The highest BCUT2D eigenvalue weighted by Gasteiger charge is 2.23. The predicted molar refractivity (Wildman–Crippen MR) is 147 cm³/mol. The van der Waals surface area contributed by atoms with E-state index in [4.69, 9.17) is 4.74 Å². The number of piperazine rings is 1. The van der Waals surface area contributed by atoms with E-state index < -0.39 is 11.4 Å². The zero-order chi connectivity index (χ0) is 25.6. The molecule has 0 bridgehead atoms. The van der Waals surface area contributed by atoms with Crippen LogP contribution in [-0.4, -0.2) is 58.0 Å². The number of amides is 1. The summed E-state index contributed by atoms with van der Waals surface area (Å²) in [5.74, 6) is 0.940. The Bertz CT molecular complexity index is 1350. The lowest BCUT2D eigenvalue weighted by molar-refractivity contribution is 0.0627. The molecule has 0 spiro atoms. The Balaban J connectivity index is 1.17. The molecule has 2 heterocycles. The normalized spacial score (nSPS) is 14.9. The fourth-order valence-corrected chi connectivity index (χ4v) is 5.54. The van der Waals surface area contributed by atoms with Crippen molar-refractivity contribution in [2.45, 2.75) is 18.4 Å². The SMILES string of the molecule is CCOc1ccccc1CN1CCN(C(=O)c2ccc(N[S+]([O-])c3cccc4cccnc34)cc2)CC1. The highest BCUT2D eigenvalue weighted by atomic mass is 32.2. The first kappa shape index (κ1) is 25.1. The summed E-state index contributed by atoms with van der Waals surface area (Å²) < 4.78 is 21.8. The van der Waals surface area contributed by atoms with Gasteiger partial charge >= 0.3 is 0 Å². The van der Waals surface area contributed by atoms with Crippen LogP contribution in [0.5, 0.6) is 5.75 Å². The van der Waals surface area contributed by atoms with Crippen LogP contribution in [0.25, 0.3) is 10.9 Å². The summed E-state index contributed by atoms with van der Waals surface area (Å²) in [4.78, 5) is 22.4. The molecular weight excluding hydrogens is 484 g/mol. The van der Waals surface area contributed by atoms with E-state index in [1.807, 2.05) is 60.4 Å². The molecule has 1 amide bonds. The lowest BCUT2D eigenvalue weighted by atomic mass is 10.1. The summed E-state index contributed by atoms with van der Waals surface area (Å²) in [7, 11) is 0. The zero-order valence-corrected chi connectivity index (χ0v) is 21.6. The minimum Gasteiger partial charge on any atom is -0.588 e. The maximum atomic E-state index is 13.1. The van der Waals surface area contributed by atoms with E-state index in [0.29, 0.717) is 41.4 Å². The summed E-state index contributed by atoms with van der Waals surface area (Å²) in [6.45, 7) is 6.41. The van der Waals surface area contributed by atoms with Gasteiger partial charge in [0.05, 0.1) is 12.3 Å². The molecule has 0 saturated carbocycles. The van der Waals surface area contributed by atoms with Gasteiger partial charge in [-0.25, -0.2) is 4.72 Å². The third kappa shape index (κ3) is 5.88. The number of pyridine rings is 1. The van der Waals surface area contributed by atoms with Crippen molar-refractivity contribution in [2.75, 3.05) is 37.5 Å². The highest BCUT2D eigenvalue weighted by molar-refractivity contribution is 7.93. The van der Waals surface area contributed by atoms with Crippen molar-refractivity contribution in [3.63, 3.8) is 0 Å². The summed E-state index contributed by atoms with van der Waals surface area (Å²) in [5.41, 5.74) is 3.19. The van der Waals surface area contributed by atoms with Gasteiger partial charge in [0.2, 0.25) is 4.90 Å². The number of fused-ring (bicyclic) bond motifs is 1. The molecule has 37 heavy (non-hydrogen) atoms. The summed E-state index contributed by atoms with van der Waals surface area (Å²) in [6.07, 6.45) is 1.70. The van der Waals surface area contributed by atoms with Crippen molar-refractivity contribution in [3.05, 3.63) is 96.2 Å². The van der Waals surface area contributed by atoms with Crippen molar-refractivity contribution in [2.24, 2.45) is 0 Å². The molecular formula is C29H30N4O3S. The van der Waals surface area contributed by atoms with Crippen LogP contribution in [0.4, 0.5) is 5.69 Å². The van der Waals surface area contributed by atoms with E-state index in [-0.39, 0.29) is 5.91 Å². The number of carbonyl (C=O) groups excluding carboxylic acids is 1. The van der Waals surface area contributed by atoms with E-state index in [9.17, 15) is 9.35 Å². The second-order valence-corrected chi connectivity index (χ2v) is 10.1. The molecule has 4 aromatic rings. The minimum absolute atomic E-state index is 0.0142. The van der Waals surface area contributed by atoms with Gasteiger partial charge < -0.3 is 14.2 Å². The van der Waals surface area contributed by atoms with Gasteiger partial charge in [-0.3, -0.25) is 14.7 Å². The summed E-state index contributed by atoms with van der Waals surface area (Å²) in [6, 6.07) is 24.7. The molecule has 1 aromatic heterocycles. The number of rotatable bonds is 8. The second-order valence-electron chi connectivity index (χ2n) is 8.89. The van der Waals surface area contributed by atoms with Gasteiger partial charge in [-0.15, -0.1) is 0 Å². The number of hydrogen-bond acceptors (Lipinski definition) is 6. The van der Waals surface area contributed by atoms with Gasteiger partial charge in [0.1, 0.15) is 22.6 Å². The molecule has 1 aliphatic heterocycles. The van der Waals surface area contributed by atoms with Gasteiger partial charge in [0, 0.05) is 55.4 Å². The zero-order valence-electron chi connectivity index (χ0n) is 20.8. The number of nitrogens with one attached hydrogen (secondary N) is 1. The summed E-state index contributed by atoms with van der Waals surface area (Å²) in [5, 5.41) is 0.940. The fraction of sp³-hybridized carbons (Fsp3) is 0.241. The standard InChI is InChI=1S/C29H30N4O3S/c1-2-36-26-10-4-3-7-24(26)21-32-17-19-33(20-18-32)29(34)23-12-14-25(15-13-23)31-37(35)27-11-5-8-22-9-6-16-30-28(22)27/h3-16,31H,2,17-21H2,1H3. The fourth-order valence-electron chi connectivity index (χ4n) is 4.53. The molecule has 3 aromatic carbocycles. The molecule has 1 aliphatic rings. The third-order valence-electron chi connectivity index (χ3n) is 6.46. The van der Waals surface area contributed by atoms with Crippen LogP contribution in [-0.2, 0) is 17.9 Å². The smallest absolute Gasteiger partial charge is 0.253 e. The number of para-hydroxylation sites is 2. The number of carbonyl (C=O) groups is 1. The number of benzene rings is 3. The molecule has 0 radical (unpaired) electrons. The van der Waals surface area contributed by atoms with Crippen LogP contribution in [0, 0.1) is 0 Å². The molecule has 1 fully saturated rings. The van der Waals surface area contributed by atoms with E-state index in [2.05, 4.69) is 20.7 Å². The molecule has 8 heteroatoms. The molecule has 1 saturated heterocycles. The number of ether oxygens (including phenoxy) is 1. The number of nitrogens with zero attached hydrogens (tertiary/aromatic N) is 3. The molecule has 1 N–H and O–H groups in total. The first-order valence-corrected chi connectivity index (χ1v) is 13.6. The topological polar surface area (TPSA) is 80.8 Å². The minimum atomic E-state index is -1.48. The van der Waals surface area contributed by atoms with Crippen molar-refractivity contribution >= 4 is 33.9 Å². The van der Waals surface area contributed by atoms with Crippen LogP contribution in [0.3, 0.4) is 0 Å². The van der Waals surface area contributed by atoms with Crippen LogP contribution < -0.4 is 9.46 Å². The Kier molecular flexibility index (Phi) is 7.89. The van der Waals surface area contributed by atoms with Crippen molar-refractivity contribution < 1.29 is 14.1 Å². The quantitative estimate of drug-likeness (QED) is 0.343. The average molecular weight is 515 g/mol. The third-order valence-corrected chi connectivity index (χ3v) is 7.61. The first-order valence-electron chi connectivity index (χ1n) is 12.5. The molecule has 1 unspecified atom stereocenters. The second kappa shape index (κ2) is 11.6. The largest absolute Gasteiger partial charge is 0.588 e. The highest BCUT2D eigenvalue weighted by Crippen LogP contribution is 2.24. The van der Waals surface area contributed by atoms with Crippen molar-refractivity contribution in [1.82, 2.24) is 14.8 Å². The first-order chi connectivity index (χ1) is 18.1. The number of anilines is 1. The molecule has 190 valence electrons. The average Bonchev–Trinajstić information content (AvgIpc) is 2.94. The van der Waals surface area contributed by atoms with Crippen molar-refractivity contribution in [1.29, 1.82) is 0 Å². The van der Waals surface area contributed by atoms with Gasteiger partial charge in [0.15, 0.2) is 0 Å². The van der Waals surface area contributed by atoms with E-state index in [0.717, 1.165) is 30.8 Å². The molecule has 1 atom stereocenters. The molecule has 5 rings (SSSR count). The predicted octanol–water partition coefficient (Wildman–Crippen LogP) is 4.73. The summed E-state index contributed by atoms with van der Waals surface area (Å²) >= 11 is -1.48. The Labute approximate surface area is 220 Å². The molecule has 0 aliphatic carbocycles. The Morgan fingerprint density at radius 2 is 1.73 bits per heavy atom. The van der Waals surface area contributed by atoms with E-state index in [1.165, 1.54) is 5.56 Å². The van der Waals surface area contributed by atoms with Crippen LogP contribution >= 0.6 is 0 Å². The van der Waals surface area contributed by atoms with Crippen molar-refractivity contribution in [3.8, 4) is 5.75 Å². The van der Waals surface area contributed by atoms with Gasteiger partial charge in [0.25, 0.3) is 5.91 Å². The maximum Gasteiger partial charge on any atom is 0.253 e. The van der Waals surface area contributed by atoms with Crippen LogP contribution in [0.15, 0.2) is 90.0 Å². The van der Waals surface area contributed by atoms with Gasteiger partial charge in [-0.1, -0.05) is 36.4 Å². The molecule has 7 nitrogen and oxygen atoms in total.